The van der Waals surface area contributed by atoms with Crippen LogP contribution in [0.2, 0.25) is 5.02 Å². The Labute approximate surface area is 121 Å². The van der Waals surface area contributed by atoms with E-state index < -0.39 is 0 Å². The number of halogens is 2. The van der Waals surface area contributed by atoms with Crippen LogP contribution in [-0.4, -0.2) is 0 Å². The molecule has 0 aromatic heterocycles. The van der Waals surface area contributed by atoms with Gasteiger partial charge in [-0.15, -0.1) is 0 Å². The van der Waals surface area contributed by atoms with Crippen molar-refractivity contribution < 1.29 is 0 Å². The Morgan fingerprint density at radius 2 is 1.83 bits per heavy atom. The number of hydrogen-bond donors (Lipinski definition) is 1. The summed E-state index contributed by atoms with van der Waals surface area (Å²) in [5, 5.41) is 0.831. The highest BCUT2D eigenvalue weighted by Crippen LogP contribution is 2.36. The van der Waals surface area contributed by atoms with Gasteiger partial charge in [0.1, 0.15) is 0 Å². The lowest BCUT2D eigenvalue weighted by Gasteiger charge is -2.13. The molecule has 3 heteroatoms. The standard InChI is InChI=1S/C15H15BrClN/c1-9-6-7-12(10(2)15(9)17)13-5-3-4-11(8-18)14(13)16/h3-7H,8,18H2,1-2H3. The molecular weight excluding hydrogens is 310 g/mol. The van der Waals surface area contributed by atoms with Crippen LogP contribution in [0, 0.1) is 13.8 Å². The predicted molar refractivity (Wildman–Crippen MR) is 82.0 cm³/mol. The summed E-state index contributed by atoms with van der Waals surface area (Å²) in [5.41, 5.74) is 11.3. The second-order valence-corrected chi connectivity index (χ2v) is 5.52. The Hall–Kier alpha value is -0.830. The Bertz CT molecular complexity index is 593. The lowest BCUT2D eigenvalue weighted by Crippen LogP contribution is -1.98. The number of rotatable bonds is 2. The lowest BCUT2D eigenvalue weighted by molar-refractivity contribution is 1.06. The first-order valence-electron chi connectivity index (χ1n) is 5.79. The maximum Gasteiger partial charge on any atom is 0.0470 e. The van der Waals surface area contributed by atoms with Gasteiger partial charge in [-0.05, 0) is 57.6 Å². The summed E-state index contributed by atoms with van der Waals surface area (Å²) in [7, 11) is 0. The van der Waals surface area contributed by atoms with Crippen LogP contribution < -0.4 is 5.73 Å². The quantitative estimate of drug-likeness (QED) is 0.840. The van der Waals surface area contributed by atoms with E-state index >= 15 is 0 Å². The molecule has 0 saturated heterocycles. The summed E-state index contributed by atoms with van der Waals surface area (Å²) < 4.78 is 1.05. The molecule has 0 aliphatic heterocycles. The van der Waals surface area contributed by atoms with Crippen LogP contribution in [0.1, 0.15) is 16.7 Å². The fourth-order valence-corrected chi connectivity index (χ4v) is 2.86. The van der Waals surface area contributed by atoms with E-state index in [0.717, 1.165) is 37.3 Å². The van der Waals surface area contributed by atoms with Crippen LogP contribution >= 0.6 is 27.5 Å². The molecule has 2 aromatic rings. The maximum absolute atomic E-state index is 6.32. The number of nitrogens with two attached hydrogens (primary N) is 1. The minimum Gasteiger partial charge on any atom is -0.326 e. The average Bonchev–Trinajstić information content (AvgIpc) is 2.37. The summed E-state index contributed by atoms with van der Waals surface area (Å²) in [4.78, 5) is 0. The van der Waals surface area contributed by atoms with Gasteiger partial charge in [-0.25, -0.2) is 0 Å². The summed E-state index contributed by atoms with van der Waals surface area (Å²) in [6.45, 7) is 4.59. The largest absolute Gasteiger partial charge is 0.326 e. The highest BCUT2D eigenvalue weighted by atomic mass is 79.9. The van der Waals surface area contributed by atoms with Crippen molar-refractivity contribution in [2.75, 3.05) is 0 Å². The highest BCUT2D eigenvalue weighted by molar-refractivity contribution is 9.10. The number of benzene rings is 2. The molecule has 2 N–H and O–H groups in total. The van der Waals surface area contributed by atoms with Gasteiger partial charge in [-0.3, -0.25) is 0 Å². The minimum absolute atomic E-state index is 0.521. The monoisotopic (exact) mass is 323 g/mol. The topological polar surface area (TPSA) is 26.0 Å². The molecule has 18 heavy (non-hydrogen) atoms. The van der Waals surface area contributed by atoms with E-state index in [2.05, 4.69) is 28.1 Å². The van der Waals surface area contributed by atoms with E-state index in [1.807, 2.05) is 32.0 Å². The second kappa shape index (κ2) is 5.43. The molecular formula is C15H15BrClN. The molecule has 0 heterocycles. The molecule has 0 aliphatic rings. The first-order chi connectivity index (χ1) is 8.56. The van der Waals surface area contributed by atoms with Crippen molar-refractivity contribution in [3.8, 4) is 11.1 Å². The van der Waals surface area contributed by atoms with Gasteiger partial charge in [0, 0.05) is 16.0 Å². The van der Waals surface area contributed by atoms with E-state index in [-0.39, 0.29) is 0 Å². The van der Waals surface area contributed by atoms with Gasteiger partial charge in [0.05, 0.1) is 0 Å². The fourth-order valence-electron chi connectivity index (χ4n) is 2.06. The molecule has 2 aromatic carbocycles. The van der Waals surface area contributed by atoms with Gasteiger partial charge in [0.2, 0.25) is 0 Å². The molecule has 0 radical (unpaired) electrons. The summed E-state index contributed by atoms with van der Waals surface area (Å²) in [6.07, 6.45) is 0. The van der Waals surface area contributed by atoms with E-state index in [4.69, 9.17) is 17.3 Å². The Morgan fingerprint density at radius 1 is 1.11 bits per heavy atom. The second-order valence-electron chi connectivity index (χ2n) is 4.35. The third kappa shape index (κ3) is 2.33. The third-order valence-electron chi connectivity index (χ3n) is 3.17. The maximum atomic E-state index is 6.32. The van der Waals surface area contributed by atoms with Gasteiger partial charge in [0.15, 0.2) is 0 Å². The molecule has 0 amide bonds. The molecule has 2 rings (SSSR count). The Balaban J connectivity index is 2.66. The predicted octanol–water partition coefficient (Wildman–Crippen LogP) is 4.85. The van der Waals surface area contributed by atoms with Crippen LogP contribution in [0.4, 0.5) is 0 Å². The Morgan fingerprint density at radius 3 is 2.50 bits per heavy atom. The van der Waals surface area contributed by atoms with Gasteiger partial charge >= 0.3 is 0 Å². The van der Waals surface area contributed by atoms with Crippen molar-refractivity contribution in [3.63, 3.8) is 0 Å². The van der Waals surface area contributed by atoms with E-state index in [1.165, 1.54) is 0 Å². The molecule has 94 valence electrons. The van der Waals surface area contributed by atoms with Crippen molar-refractivity contribution in [1.29, 1.82) is 0 Å². The third-order valence-corrected chi connectivity index (χ3v) is 4.69. The van der Waals surface area contributed by atoms with Crippen LogP contribution in [0.5, 0.6) is 0 Å². The highest BCUT2D eigenvalue weighted by Gasteiger charge is 2.11. The van der Waals surface area contributed by atoms with Crippen LogP contribution in [0.15, 0.2) is 34.8 Å². The first-order valence-corrected chi connectivity index (χ1v) is 6.97. The smallest absolute Gasteiger partial charge is 0.0470 e. The lowest BCUT2D eigenvalue weighted by atomic mass is 9.97. The zero-order valence-corrected chi connectivity index (χ0v) is 12.8. The van der Waals surface area contributed by atoms with Crippen LogP contribution in [-0.2, 0) is 6.54 Å². The SMILES string of the molecule is Cc1ccc(-c2cccc(CN)c2Br)c(C)c1Cl. The molecule has 0 fully saturated rings. The van der Waals surface area contributed by atoms with Crippen molar-refractivity contribution in [2.24, 2.45) is 5.73 Å². The molecule has 0 bridgehead atoms. The molecule has 0 unspecified atom stereocenters. The number of aryl methyl sites for hydroxylation is 1. The van der Waals surface area contributed by atoms with Gasteiger partial charge < -0.3 is 5.73 Å². The first kappa shape index (κ1) is 13.6. The van der Waals surface area contributed by atoms with Gasteiger partial charge in [0.25, 0.3) is 0 Å². The van der Waals surface area contributed by atoms with Gasteiger partial charge in [-0.1, -0.05) is 41.9 Å². The summed E-state index contributed by atoms with van der Waals surface area (Å²) >= 11 is 9.95. The van der Waals surface area contributed by atoms with Crippen molar-refractivity contribution in [2.45, 2.75) is 20.4 Å². The van der Waals surface area contributed by atoms with E-state index in [0.29, 0.717) is 6.54 Å². The zero-order valence-electron chi connectivity index (χ0n) is 10.4. The minimum atomic E-state index is 0.521. The molecule has 0 saturated carbocycles. The molecule has 1 nitrogen and oxygen atoms in total. The molecule has 0 spiro atoms. The number of hydrogen-bond acceptors (Lipinski definition) is 1. The van der Waals surface area contributed by atoms with Crippen molar-refractivity contribution in [3.05, 3.63) is 56.5 Å². The average molecular weight is 325 g/mol. The summed E-state index contributed by atoms with van der Waals surface area (Å²) in [6, 6.07) is 10.3. The van der Waals surface area contributed by atoms with Gasteiger partial charge in [-0.2, -0.15) is 0 Å². The van der Waals surface area contributed by atoms with Crippen molar-refractivity contribution >= 4 is 27.5 Å². The molecule has 0 atom stereocenters. The van der Waals surface area contributed by atoms with Crippen LogP contribution in [0.25, 0.3) is 11.1 Å². The summed E-state index contributed by atoms with van der Waals surface area (Å²) in [5.74, 6) is 0. The Kier molecular flexibility index (Phi) is 4.10. The normalized spacial score (nSPS) is 10.7. The van der Waals surface area contributed by atoms with E-state index in [1.54, 1.807) is 0 Å². The molecule has 0 aliphatic carbocycles. The van der Waals surface area contributed by atoms with Crippen LogP contribution in [0.3, 0.4) is 0 Å². The van der Waals surface area contributed by atoms with E-state index in [9.17, 15) is 0 Å². The zero-order chi connectivity index (χ0) is 13.3. The fraction of sp³-hybridized carbons (Fsp3) is 0.200. The van der Waals surface area contributed by atoms with Crippen molar-refractivity contribution in [1.82, 2.24) is 0 Å².